The normalized spacial score (nSPS) is 25.4. The van der Waals surface area contributed by atoms with Gasteiger partial charge in [0.1, 0.15) is 0 Å². The minimum atomic E-state index is 0.469. The molecule has 0 bridgehead atoms. The lowest BCUT2D eigenvalue weighted by Gasteiger charge is -2.37. The van der Waals surface area contributed by atoms with Crippen LogP contribution >= 0.6 is 0 Å². The molecule has 0 radical (unpaired) electrons. The molecule has 15 heavy (non-hydrogen) atoms. The van der Waals surface area contributed by atoms with Crippen molar-refractivity contribution >= 4 is 0 Å². The van der Waals surface area contributed by atoms with Gasteiger partial charge in [-0.05, 0) is 32.6 Å². The van der Waals surface area contributed by atoms with Crippen molar-refractivity contribution in [1.82, 2.24) is 5.32 Å². The fraction of sp³-hybridized carbons (Fsp3) is 1.00. The van der Waals surface area contributed by atoms with E-state index in [0.717, 1.165) is 19.3 Å². The fourth-order valence-electron chi connectivity index (χ4n) is 2.64. The highest BCUT2D eigenvalue weighted by Gasteiger charge is 2.34. The van der Waals surface area contributed by atoms with E-state index in [4.69, 9.17) is 4.74 Å². The first-order chi connectivity index (χ1) is 7.35. The molecule has 0 aromatic heterocycles. The Morgan fingerprint density at radius 1 is 1.20 bits per heavy atom. The van der Waals surface area contributed by atoms with Crippen molar-refractivity contribution in [2.24, 2.45) is 5.41 Å². The van der Waals surface area contributed by atoms with E-state index in [1.807, 2.05) is 0 Å². The first-order valence-electron chi connectivity index (χ1n) is 6.66. The van der Waals surface area contributed by atoms with Gasteiger partial charge in [0, 0.05) is 24.6 Å². The molecule has 0 aliphatic heterocycles. The van der Waals surface area contributed by atoms with E-state index in [9.17, 15) is 0 Å². The standard InChI is InChI=1S/C13H25NO/c1-2-15-11-13(8-4-3-5-9-13)10-14-12-6-7-12/h12,14H,2-11H2,1H3. The van der Waals surface area contributed by atoms with Crippen LogP contribution in [0.5, 0.6) is 0 Å². The molecule has 88 valence electrons. The van der Waals surface area contributed by atoms with Crippen molar-refractivity contribution in [2.75, 3.05) is 19.8 Å². The zero-order chi connectivity index (χ0) is 10.6. The molecule has 2 aliphatic carbocycles. The lowest BCUT2D eigenvalue weighted by Crippen LogP contribution is -2.40. The summed E-state index contributed by atoms with van der Waals surface area (Å²) in [6.07, 6.45) is 9.75. The van der Waals surface area contributed by atoms with Gasteiger partial charge < -0.3 is 10.1 Å². The highest BCUT2D eigenvalue weighted by atomic mass is 16.5. The maximum Gasteiger partial charge on any atom is 0.0534 e. The molecule has 0 aromatic rings. The number of nitrogens with one attached hydrogen (secondary N) is 1. The summed E-state index contributed by atoms with van der Waals surface area (Å²) in [4.78, 5) is 0. The molecule has 0 spiro atoms. The van der Waals surface area contributed by atoms with Crippen LogP contribution in [0.25, 0.3) is 0 Å². The Balaban J connectivity index is 1.80. The smallest absolute Gasteiger partial charge is 0.0534 e. The van der Waals surface area contributed by atoms with Gasteiger partial charge in [0.15, 0.2) is 0 Å². The van der Waals surface area contributed by atoms with Crippen LogP contribution in [0.15, 0.2) is 0 Å². The van der Waals surface area contributed by atoms with E-state index in [-0.39, 0.29) is 0 Å². The molecule has 0 atom stereocenters. The summed E-state index contributed by atoms with van der Waals surface area (Å²) in [6, 6.07) is 0.838. The molecule has 2 fully saturated rings. The molecule has 0 unspecified atom stereocenters. The maximum atomic E-state index is 5.69. The van der Waals surface area contributed by atoms with Gasteiger partial charge in [0.05, 0.1) is 6.61 Å². The van der Waals surface area contributed by atoms with Crippen LogP contribution in [-0.2, 0) is 4.74 Å². The first kappa shape index (κ1) is 11.4. The highest BCUT2D eigenvalue weighted by Crippen LogP contribution is 2.36. The van der Waals surface area contributed by atoms with Crippen molar-refractivity contribution in [2.45, 2.75) is 57.9 Å². The number of rotatable bonds is 6. The average Bonchev–Trinajstić information content (AvgIpc) is 3.09. The quantitative estimate of drug-likeness (QED) is 0.729. The van der Waals surface area contributed by atoms with Crippen molar-refractivity contribution in [3.63, 3.8) is 0 Å². The van der Waals surface area contributed by atoms with Crippen LogP contribution in [0.2, 0.25) is 0 Å². The van der Waals surface area contributed by atoms with Crippen molar-refractivity contribution in [1.29, 1.82) is 0 Å². The van der Waals surface area contributed by atoms with Gasteiger partial charge in [0.25, 0.3) is 0 Å². The van der Waals surface area contributed by atoms with E-state index in [1.54, 1.807) is 0 Å². The largest absolute Gasteiger partial charge is 0.381 e. The Kier molecular flexibility index (Phi) is 4.04. The lowest BCUT2D eigenvalue weighted by molar-refractivity contribution is 0.0256. The maximum absolute atomic E-state index is 5.69. The van der Waals surface area contributed by atoms with E-state index >= 15 is 0 Å². The molecule has 0 aromatic carbocycles. The number of hydrogen-bond acceptors (Lipinski definition) is 2. The fourth-order valence-corrected chi connectivity index (χ4v) is 2.64. The summed E-state index contributed by atoms with van der Waals surface area (Å²) in [7, 11) is 0. The van der Waals surface area contributed by atoms with E-state index < -0.39 is 0 Å². The summed E-state index contributed by atoms with van der Waals surface area (Å²) in [5, 5.41) is 3.70. The Morgan fingerprint density at radius 2 is 1.93 bits per heavy atom. The molecule has 0 saturated heterocycles. The van der Waals surface area contributed by atoms with Crippen molar-refractivity contribution in [3.05, 3.63) is 0 Å². The van der Waals surface area contributed by atoms with Crippen molar-refractivity contribution in [3.8, 4) is 0 Å². The Bertz CT molecular complexity index is 183. The molecular formula is C13H25NO. The molecule has 0 heterocycles. The Labute approximate surface area is 93.8 Å². The summed E-state index contributed by atoms with van der Waals surface area (Å²) in [5.74, 6) is 0. The van der Waals surface area contributed by atoms with Gasteiger partial charge in [-0.2, -0.15) is 0 Å². The van der Waals surface area contributed by atoms with Crippen LogP contribution in [-0.4, -0.2) is 25.8 Å². The van der Waals surface area contributed by atoms with Crippen molar-refractivity contribution < 1.29 is 4.74 Å². The molecule has 2 heteroatoms. The summed E-state index contributed by atoms with van der Waals surface area (Å²) in [6.45, 7) is 5.14. The summed E-state index contributed by atoms with van der Waals surface area (Å²) >= 11 is 0. The van der Waals surface area contributed by atoms with Crippen LogP contribution in [0.4, 0.5) is 0 Å². The molecule has 1 N–H and O–H groups in total. The van der Waals surface area contributed by atoms with Crippen LogP contribution < -0.4 is 5.32 Å². The summed E-state index contributed by atoms with van der Waals surface area (Å²) in [5.41, 5.74) is 0.469. The third kappa shape index (κ3) is 3.46. The predicted molar refractivity (Wildman–Crippen MR) is 63.0 cm³/mol. The molecule has 0 amide bonds. The summed E-state index contributed by atoms with van der Waals surface area (Å²) < 4.78 is 5.69. The third-order valence-corrected chi connectivity index (χ3v) is 3.87. The minimum Gasteiger partial charge on any atom is -0.381 e. The molecule has 2 nitrogen and oxygen atoms in total. The predicted octanol–water partition coefficient (Wildman–Crippen LogP) is 2.73. The zero-order valence-electron chi connectivity index (χ0n) is 10.1. The second-order valence-electron chi connectivity index (χ2n) is 5.35. The van der Waals surface area contributed by atoms with Gasteiger partial charge in [-0.1, -0.05) is 19.3 Å². The van der Waals surface area contributed by atoms with Crippen LogP contribution in [0, 0.1) is 5.41 Å². The van der Waals surface area contributed by atoms with Crippen LogP contribution in [0.3, 0.4) is 0 Å². The van der Waals surface area contributed by atoms with Gasteiger partial charge in [0.2, 0.25) is 0 Å². The average molecular weight is 211 g/mol. The molecule has 2 aliphatic rings. The number of ether oxygens (including phenoxy) is 1. The highest BCUT2D eigenvalue weighted by molar-refractivity contribution is 4.89. The SMILES string of the molecule is CCOCC1(CNC2CC2)CCCCC1. The van der Waals surface area contributed by atoms with E-state index in [0.29, 0.717) is 5.41 Å². The first-order valence-corrected chi connectivity index (χ1v) is 6.66. The van der Waals surface area contributed by atoms with E-state index in [2.05, 4.69) is 12.2 Å². The second-order valence-corrected chi connectivity index (χ2v) is 5.35. The van der Waals surface area contributed by atoms with Gasteiger partial charge in [-0.3, -0.25) is 0 Å². The van der Waals surface area contributed by atoms with Crippen LogP contribution in [0.1, 0.15) is 51.9 Å². The minimum absolute atomic E-state index is 0.469. The Morgan fingerprint density at radius 3 is 2.53 bits per heavy atom. The Hall–Kier alpha value is -0.0800. The molecule has 2 saturated carbocycles. The molecular weight excluding hydrogens is 186 g/mol. The topological polar surface area (TPSA) is 21.3 Å². The third-order valence-electron chi connectivity index (χ3n) is 3.87. The van der Waals surface area contributed by atoms with Gasteiger partial charge >= 0.3 is 0 Å². The van der Waals surface area contributed by atoms with Gasteiger partial charge in [-0.15, -0.1) is 0 Å². The van der Waals surface area contributed by atoms with Gasteiger partial charge in [-0.25, -0.2) is 0 Å². The zero-order valence-corrected chi connectivity index (χ0v) is 10.1. The lowest BCUT2D eigenvalue weighted by atomic mass is 9.74. The monoisotopic (exact) mass is 211 g/mol. The van der Waals surface area contributed by atoms with E-state index in [1.165, 1.54) is 51.5 Å². The number of hydrogen-bond donors (Lipinski definition) is 1. The molecule has 2 rings (SSSR count). The second kappa shape index (κ2) is 5.31.